The lowest BCUT2D eigenvalue weighted by Gasteiger charge is -2.12. The average Bonchev–Trinajstić information content (AvgIpc) is 2.77. The van der Waals surface area contributed by atoms with E-state index in [1.807, 2.05) is 20.8 Å². The van der Waals surface area contributed by atoms with Gasteiger partial charge in [0.2, 0.25) is 0 Å². The first-order valence-corrected chi connectivity index (χ1v) is 8.31. The maximum atomic E-state index is 5.22. The molecule has 1 aromatic rings. The highest BCUT2D eigenvalue weighted by Crippen LogP contribution is 2.11. The van der Waals surface area contributed by atoms with E-state index in [0.29, 0.717) is 19.8 Å². The molecule has 1 aromatic carbocycles. The van der Waals surface area contributed by atoms with Gasteiger partial charge < -0.3 is 13.3 Å². The molecule has 0 heterocycles. The molecule has 0 fully saturated rings. The van der Waals surface area contributed by atoms with E-state index in [4.69, 9.17) is 13.3 Å². The summed E-state index contributed by atoms with van der Waals surface area (Å²) in [6.07, 6.45) is 5.45. The summed E-state index contributed by atoms with van der Waals surface area (Å²) in [7, 11) is -1.73. The predicted octanol–water partition coefficient (Wildman–Crippen LogP) is 3.07. The second-order valence-electron chi connectivity index (χ2n) is 4.00. The molecule has 2 aliphatic carbocycles. The third-order valence-electron chi connectivity index (χ3n) is 2.55. The van der Waals surface area contributed by atoms with Crippen LogP contribution in [0.15, 0.2) is 30.3 Å². The summed E-state index contributed by atoms with van der Waals surface area (Å²) in [5.41, 5.74) is 2.73. The van der Waals surface area contributed by atoms with Crippen LogP contribution in [0.5, 0.6) is 0 Å². The molecule has 0 spiro atoms. The fourth-order valence-corrected chi connectivity index (χ4v) is 2.75. The van der Waals surface area contributed by atoms with Crippen LogP contribution in [-0.2, 0) is 19.7 Å². The quantitative estimate of drug-likeness (QED) is 0.750. The maximum absolute atomic E-state index is 5.22. The van der Waals surface area contributed by atoms with Crippen molar-refractivity contribution in [3.05, 3.63) is 41.5 Å². The van der Waals surface area contributed by atoms with Gasteiger partial charge in [0.25, 0.3) is 0 Å². The van der Waals surface area contributed by atoms with Crippen molar-refractivity contribution in [2.24, 2.45) is 0 Å². The van der Waals surface area contributed by atoms with Crippen molar-refractivity contribution < 1.29 is 13.3 Å². The average molecular weight is 280 g/mol. The van der Waals surface area contributed by atoms with Crippen LogP contribution < -0.4 is 0 Å². The van der Waals surface area contributed by atoms with Gasteiger partial charge in [-0.3, -0.25) is 0 Å². The van der Waals surface area contributed by atoms with Gasteiger partial charge in [-0.25, -0.2) is 0 Å². The van der Waals surface area contributed by atoms with Crippen LogP contribution in [0.25, 0.3) is 6.08 Å². The van der Waals surface area contributed by atoms with E-state index in [1.165, 1.54) is 11.1 Å². The van der Waals surface area contributed by atoms with Crippen molar-refractivity contribution in [2.45, 2.75) is 27.2 Å². The molecule has 0 aliphatic heterocycles. The standard InChI is InChI=1S/C9H8.C6H16O3Si/c1-2-8-4-6-9(3-1)7-5-8;1-4-7-10(8-5-2)9-6-3/h1-2,4-7H,3H2;10H,4-6H2,1-3H3. The summed E-state index contributed by atoms with van der Waals surface area (Å²) < 4.78 is 15.7. The number of hydrogen-bond donors (Lipinski definition) is 0. The van der Waals surface area contributed by atoms with Crippen molar-refractivity contribution >= 4 is 15.6 Å². The lowest BCUT2D eigenvalue weighted by atomic mass is 10.2. The molecule has 0 unspecified atom stereocenters. The van der Waals surface area contributed by atoms with Crippen molar-refractivity contribution in [3.63, 3.8) is 0 Å². The van der Waals surface area contributed by atoms with E-state index in [9.17, 15) is 0 Å². The highest BCUT2D eigenvalue weighted by Gasteiger charge is 2.11. The Morgan fingerprint density at radius 3 is 1.89 bits per heavy atom. The Hall–Kier alpha value is -0.943. The minimum absolute atomic E-state index is 0.677. The van der Waals surface area contributed by atoms with Crippen molar-refractivity contribution in [3.8, 4) is 0 Å². The molecule has 19 heavy (non-hydrogen) atoms. The van der Waals surface area contributed by atoms with Gasteiger partial charge in [-0.15, -0.1) is 0 Å². The molecular weight excluding hydrogens is 256 g/mol. The molecular formula is C15H24O3Si. The molecule has 2 bridgehead atoms. The summed E-state index contributed by atoms with van der Waals surface area (Å²) in [5, 5.41) is 0. The number of allylic oxidation sites excluding steroid dienone is 1. The van der Waals surface area contributed by atoms with E-state index in [1.54, 1.807) is 0 Å². The number of fused-ring (bicyclic) bond motifs is 3. The molecule has 0 aromatic heterocycles. The van der Waals surface area contributed by atoms with Crippen molar-refractivity contribution in [1.82, 2.24) is 0 Å². The molecule has 3 nitrogen and oxygen atoms in total. The number of benzene rings is 1. The first-order valence-electron chi connectivity index (χ1n) is 6.90. The normalized spacial score (nSPS) is 12.2. The highest BCUT2D eigenvalue weighted by molar-refractivity contribution is 6.36. The van der Waals surface area contributed by atoms with Crippen LogP contribution in [0.2, 0.25) is 0 Å². The van der Waals surface area contributed by atoms with Crippen LogP contribution in [0.4, 0.5) is 0 Å². The Labute approximate surface area is 118 Å². The molecule has 4 heteroatoms. The van der Waals surface area contributed by atoms with Gasteiger partial charge in [-0.05, 0) is 38.3 Å². The number of rotatable bonds is 6. The Morgan fingerprint density at radius 1 is 0.895 bits per heavy atom. The highest BCUT2D eigenvalue weighted by atomic mass is 28.3. The number of hydrogen-bond acceptors (Lipinski definition) is 3. The first-order chi connectivity index (χ1) is 9.30. The minimum atomic E-state index is -1.73. The van der Waals surface area contributed by atoms with Gasteiger partial charge in [-0.2, -0.15) is 0 Å². The predicted molar refractivity (Wildman–Crippen MR) is 81.2 cm³/mol. The van der Waals surface area contributed by atoms with Crippen LogP contribution in [0.1, 0.15) is 31.9 Å². The molecule has 0 atom stereocenters. The molecule has 106 valence electrons. The van der Waals surface area contributed by atoms with E-state index < -0.39 is 9.53 Å². The van der Waals surface area contributed by atoms with Crippen LogP contribution in [-0.4, -0.2) is 29.3 Å². The van der Waals surface area contributed by atoms with Crippen LogP contribution in [0, 0.1) is 0 Å². The zero-order valence-corrected chi connectivity index (χ0v) is 13.2. The summed E-state index contributed by atoms with van der Waals surface area (Å²) in [6.45, 7) is 7.86. The first kappa shape index (κ1) is 16.1. The smallest absolute Gasteiger partial charge is 0.376 e. The fourth-order valence-electron chi connectivity index (χ4n) is 1.65. The zero-order chi connectivity index (χ0) is 13.9. The van der Waals surface area contributed by atoms with Gasteiger partial charge >= 0.3 is 9.53 Å². The Balaban J connectivity index is 0.000000190. The molecule has 0 saturated heterocycles. The van der Waals surface area contributed by atoms with Crippen LogP contribution >= 0.6 is 0 Å². The summed E-state index contributed by atoms with van der Waals surface area (Å²) in [6, 6.07) is 8.66. The topological polar surface area (TPSA) is 27.7 Å². The fraction of sp³-hybridized carbons (Fsp3) is 0.467. The lowest BCUT2D eigenvalue weighted by molar-refractivity contribution is 0.107. The van der Waals surface area contributed by atoms with Gasteiger partial charge in [0.05, 0.1) is 0 Å². The van der Waals surface area contributed by atoms with E-state index in [0.717, 1.165) is 6.42 Å². The van der Waals surface area contributed by atoms with E-state index >= 15 is 0 Å². The molecule has 0 amide bonds. The molecule has 0 saturated carbocycles. The largest absolute Gasteiger partial charge is 0.484 e. The lowest BCUT2D eigenvalue weighted by Crippen LogP contribution is -2.27. The van der Waals surface area contributed by atoms with Crippen molar-refractivity contribution in [2.75, 3.05) is 19.8 Å². The maximum Gasteiger partial charge on any atom is 0.484 e. The van der Waals surface area contributed by atoms with E-state index in [-0.39, 0.29) is 0 Å². The Bertz CT molecular complexity index is 348. The monoisotopic (exact) mass is 280 g/mol. The Kier molecular flexibility index (Phi) is 8.41. The summed E-state index contributed by atoms with van der Waals surface area (Å²) in [4.78, 5) is 0. The zero-order valence-electron chi connectivity index (χ0n) is 12.1. The second-order valence-corrected chi connectivity index (χ2v) is 5.58. The molecule has 3 rings (SSSR count). The third-order valence-corrected chi connectivity index (χ3v) is 4.37. The third kappa shape index (κ3) is 6.68. The molecule has 0 radical (unpaired) electrons. The molecule has 2 aliphatic rings. The SMILES string of the molecule is C1=Cc2ccc(cc2)C1.CCO[SiH](OCC)OCC. The van der Waals surface area contributed by atoms with Gasteiger partial charge in [-0.1, -0.05) is 36.4 Å². The minimum Gasteiger partial charge on any atom is -0.376 e. The summed E-state index contributed by atoms with van der Waals surface area (Å²) >= 11 is 0. The Morgan fingerprint density at radius 2 is 1.42 bits per heavy atom. The molecule has 0 N–H and O–H groups in total. The van der Waals surface area contributed by atoms with Gasteiger partial charge in [0.1, 0.15) is 0 Å². The van der Waals surface area contributed by atoms with Crippen LogP contribution in [0.3, 0.4) is 0 Å². The van der Waals surface area contributed by atoms with Gasteiger partial charge in [0.15, 0.2) is 0 Å². The van der Waals surface area contributed by atoms with E-state index in [2.05, 4.69) is 36.4 Å². The summed E-state index contributed by atoms with van der Waals surface area (Å²) in [5.74, 6) is 0. The second kappa shape index (κ2) is 9.92. The van der Waals surface area contributed by atoms with Crippen molar-refractivity contribution in [1.29, 1.82) is 0 Å². The van der Waals surface area contributed by atoms with Gasteiger partial charge in [0, 0.05) is 19.8 Å².